The Hall–Kier alpha value is -2.14. The van der Waals surface area contributed by atoms with E-state index in [1.807, 2.05) is 6.92 Å². The van der Waals surface area contributed by atoms with Crippen molar-refractivity contribution in [3.63, 3.8) is 0 Å². The van der Waals surface area contributed by atoms with E-state index >= 15 is 0 Å². The van der Waals surface area contributed by atoms with Gasteiger partial charge in [0.15, 0.2) is 11.6 Å². The van der Waals surface area contributed by atoms with E-state index < -0.39 is 5.82 Å². The molecule has 2 N–H and O–H groups in total. The van der Waals surface area contributed by atoms with Crippen LogP contribution in [-0.4, -0.2) is 15.2 Å². The molecule has 0 saturated heterocycles. The van der Waals surface area contributed by atoms with Crippen molar-refractivity contribution in [3.8, 4) is 22.8 Å². The van der Waals surface area contributed by atoms with Gasteiger partial charge in [-0.2, -0.15) is 0 Å². The molecule has 3 nitrogen and oxygen atoms in total. The van der Waals surface area contributed by atoms with Crippen LogP contribution in [0.1, 0.15) is 12.5 Å². The molecule has 3 rings (SSSR count). The minimum absolute atomic E-state index is 0.190. The van der Waals surface area contributed by atoms with E-state index in [-0.39, 0.29) is 11.5 Å². The number of aromatic nitrogens is 1. The van der Waals surface area contributed by atoms with Crippen LogP contribution in [0.5, 0.6) is 11.5 Å². The molecule has 0 fully saturated rings. The number of rotatable bonds is 2. The Kier molecular flexibility index (Phi) is 3.74. The molecule has 0 aliphatic carbocycles. The van der Waals surface area contributed by atoms with E-state index in [4.69, 9.17) is 0 Å². The van der Waals surface area contributed by atoms with Crippen molar-refractivity contribution in [3.05, 3.63) is 52.3 Å². The molecule has 0 bridgehead atoms. The molecule has 0 aliphatic heterocycles. The molecule has 22 heavy (non-hydrogen) atoms. The van der Waals surface area contributed by atoms with Crippen LogP contribution in [0.3, 0.4) is 0 Å². The predicted molar refractivity (Wildman–Crippen MR) is 87.5 cm³/mol. The summed E-state index contributed by atoms with van der Waals surface area (Å²) in [6.45, 7) is 1.98. The summed E-state index contributed by atoms with van der Waals surface area (Å²) in [7, 11) is 0. The smallest absolute Gasteiger partial charge is 0.165 e. The van der Waals surface area contributed by atoms with E-state index in [0.29, 0.717) is 11.3 Å². The molecular weight excluding hydrogens is 349 g/mol. The molecule has 0 saturated carbocycles. The topological polar surface area (TPSA) is 53.4 Å². The largest absolute Gasteiger partial charge is 0.508 e. The summed E-state index contributed by atoms with van der Waals surface area (Å²) in [6.07, 6.45) is 0.720. The molecule has 0 amide bonds. The third kappa shape index (κ3) is 2.52. The molecule has 2 aromatic carbocycles. The Morgan fingerprint density at radius 2 is 1.91 bits per heavy atom. The molecular formula is C17H13BrFNO2. The number of nitrogens with zero attached hydrogens (tertiary/aromatic N) is 1. The number of hydrogen-bond acceptors (Lipinski definition) is 3. The normalized spacial score (nSPS) is 11.0. The van der Waals surface area contributed by atoms with E-state index in [0.717, 1.165) is 27.4 Å². The van der Waals surface area contributed by atoms with Crippen molar-refractivity contribution in [1.29, 1.82) is 0 Å². The van der Waals surface area contributed by atoms with Crippen LogP contribution >= 0.6 is 15.9 Å². The Morgan fingerprint density at radius 3 is 2.59 bits per heavy atom. The fourth-order valence-electron chi connectivity index (χ4n) is 2.43. The number of aryl methyl sites for hydroxylation is 1. The van der Waals surface area contributed by atoms with E-state index in [2.05, 4.69) is 20.9 Å². The summed E-state index contributed by atoms with van der Waals surface area (Å²) in [5.41, 5.74) is 2.85. The highest BCUT2D eigenvalue weighted by molar-refractivity contribution is 9.10. The summed E-state index contributed by atoms with van der Waals surface area (Å²) in [5, 5.41) is 19.9. The highest BCUT2D eigenvalue weighted by atomic mass is 79.9. The lowest BCUT2D eigenvalue weighted by molar-refractivity contribution is 0.432. The molecule has 5 heteroatoms. The van der Waals surface area contributed by atoms with Crippen molar-refractivity contribution in [2.45, 2.75) is 13.3 Å². The highest BCUT2D eigenvalue weighted by Crippen LogP contribution is 2.33. The molecule has 0 aliphatic rings. The maximum atomic E-state index is 13.6. The quantitative estimate of drug-likeness (QED) is 0.690. The minimum Gasteiger partial charge on any atom is -0.508 e. The third-order valence-corrected chi connectivity index (χ3v) is 4.21. The summed E-state index contributed by atoms with van der Waals surface area (Å²) < 4.78 is 14.3. The fourth-order valence-corrected chi connectivity index (χ4v) is 2.95. The molecule has 0 atom stereocenters. The second kappa shape index (κ2) is 5.57. The van der Waals surface area contributed by atoms with Crippen LogP contribution in [-0.2, 0) is 6.42 Å². The number of phenols is 2. The third-order valence-electron chi connectivity index (χ3n) is 3.55. The standard InChI is InChI=1S/C17H13BrFNO2/c1-2-9-5-11(21)7-12-13(18)8-15(20-17(9)12)10-3-4-16(22)14(19)6-10/h3-8,21-22H,2H2,1H3. The number of benzene rings is 2. The van der Waals surface area contributed by atoms with Gasteiger partial charge in [-0.3, -0.25) is 0 Å². The lowest BCUT2D eigenvalue weighted by Crippen LogP contribution is -1.92. The lowest BCUT2D eigenvalue weighted by Gasteiger charge is -2.10. The average Bonchev–Trinajstić information content (AvgIpc) is 2.49. The van der Waals surface area contributed by atoms with Gasteiger partial charge in [0.05, 0.1) is 11.2 Å². The maximum absolute atomic E-state index is 13.6. The van der Waals surface area contributed by atoms with Gasteiger partial charge in [0.25, 0.3) is 0 Å². The molecule has 0 spiro atoms. The van der Waals surface area contributed by atoms with Gasteiger partial charge in [0, 0.05) is 15.4 Å². The SMILES string of the molecule is CCc1cc(O)cc2c(Br)cc(-c3ccc(O)c(F)c3)nc12. The first kappa shape index (κ1) is 14.8. The summed E-state index contributed by atoms with van der Waals surface area (Å²) in [5.74, 6) is -0.880. The lowest BCUT2D eigenvalue weighted by atomic mass is 10.0. The summed E-state index contributed by atoms with van der Waals surface area (Å²) >= 11 is 3.48. The van der Waals surface area contributed by atoms with Crippen LogP contribution in [0.4, 0.5) is 4.39 Å². The van der Waals surface area contributed by atoms with Crippen LogP contribution in [0, 0.1) is 5.82 Å². The number of hydrogen-bond donors (Lipinski definition) is 2. The first-order chi connectivity index (χ1) is 10.5. The van der Waals surface area contributed by atoms with Crippen LogP contribution in [0.25, 0.3) is 22.2 Å². The monoisotopic (exact) mass is 361 g/mol. The van der Waals surface area contributed by atoms with Gasteiger partial charge in [0.1, 0.15) is 5.75 Å². The van der Waals surface area contributed by atoms with Crippen molar-refractivity contribution < 1.29 is 14.6 Å². The molecule has 0 unspecified atom stereocenters. The fraction of sp³-hybridized carbons (Fsp3) is 0.118. The Balaban J connectivity index is 2.28. The summed E-state index contributed by atoms with van der Waals surface area (Å²) in [6, 6.07) is 9.28. The van der Waals surface area contributed by atoms with Crippen molar-refractivity contribution >= 4 is 26.8 Å². The number of aromatic hydroxyl groups is 2. The van der Waals surface area contributed by atoms with Crippen molar-refractivity contribution in [1.82, 2.24) is 4.98 Å². The first-order valence-electron chi connectivity index (χ1n) is 6.80. The van der Waals surface area contributed by atoms with Crippen LogP contribution < -0.4 is 0 Å². The van der Waals surface area contributed by atoms with Crippen LogP contribution in [0.2, 0.25) is 0 Å². The zero-order valence-electron chi connectivity index (χ0n) is 11.8. The van der Waals surface area contributed by atoms with Gasteiger partial charge < -0.3 is 10.2 Å². The molecule has 3 aromatic rings. The van der Waals surface area contributed by atoms with Gasteiger partial charge in [0.2, 0.25) is 0 Å². The maximum Gasteiger partial charge on any atom is 0.165 e. The second-order valence-corrected chi connectivity index (χ2v) is 5.86. The van der Waals surface area contributed by atoms with E-state index in [1.165, 1.54) is 12.1 Å². The van der Waals surface area contributed by atoms with Gasteiger partial charge in [-0.25, -0.2) is 9.37 Å². The number of phenolic OH excluding ortho intramolecular Hbond substituents is 2. The van der Waals surface area contributed by atoms with Gasteiger partial charge >= 0.3 is 0 Å². The Bertz CT molecular complexity index is 880. The zero-order chi connectivity index (χ0) is 15.9. The number of halogens is 2. The highest BCUT2D eigenvalue weighted by Gasteiger charge is 2.12. The zero-order valence-corrected chi connectivity index (χ0v) is 13.4. The second-order valence-electron chi connectivity index (χ2n) is 5.01. The van der Waals surface area contributed by atoms with Crippen molar-refractivity contribution in [2.24, 2.45) is 0 Å². The number of fused-ring (bicyclic) bond motifs is 1. The molecule has 1 heterocycles. The molecule has 1 aromatic heterocycles. The first-order valence-corrected chi connectivity index (χ1v) is 7.60. The Labute approximate surface area is 135 Å². The molecule has 112 valence electrons. The molecule has 0 radical (unpaired) electrons. The van der Waals surface area contributed by atoms with Crippen molar-refractivity contribution in [2.75, 3.05) is 0 Å². The van der Waals surface area contributed by atoms with Crippen LogP contribution in [0.15, 0.2) is 40.9 Å². The van der Waals surface area contributed by atoms with Gasteiger partial charge in [-0.15, -0.1) is 0 Å². The number of pyridine rings is 1. The van der Waals surface area contributed by atoms with E-state index in [1.54, 1.807) is 24.3 Å². The minimum atomic E-state index is -0.683. The Morgan fingerprint density at radius 1 is 1.14 bits per heavy atom. The van der Waals surface area contributed by atoms with Gasteiger partial charge in [-0.1, -0.05) is 22.9 Å². The van der Waals surface area contributed by atoms with Gasteiger partial charge in [-0.05, 0) is 48.4 Å². The summed E-state index contributed by atoms with van der Waals surface area (Å²) in [4.78, 5) is 4.60. The average molecular weight is 362 g/mol. The van der Waals surface area contributed by atoms with E-state index in [9.17, 15) is 14.6 Å². The predicted octanol–water partition coefficient (Wildman–Crippen LogP) is 4.78.